The quantitative estimate of drug-likeness (QED) is 0.625. The number of halogens is 1. The Labute approximate surface area is 178 Å². The summed E-state index contributed by atoms with van der Waals surface area (Å²) in [6.07, 6.45) is 1.40. The van der Waals surface area contributed by atoms with E-state index in [-0.39, 0.29) is 29.3 Å². The summed E-state index contributed by atoms with van der Waals surface area (Å²) < 4.78 is 27.9. The van der Waals surface area contributed by atoms with Gasteiger partial charge in [0.15, 0.2) is 17.3 Å². The molecule has 0 spiro atoms. The molecule has 0 saturated carbocycles. The van der Waals surface area contributed by atoms with Gasteiger partial charge in [-0.2, -0.15) is 0 Å². The van der Waals surface area contributed by atoms with E-state index in [4.69, 9.17) is 9.47 Å². The van der Waals surface area contributed by atoms with Crippen LogP contribution in [0.1, 0.15) is 30.2 Å². The molecular weight excluding hydrogens is 403 g/mol. The Hall–Kier alpha value is -3.53. The molecule has 3 heterocycles. The van der Waals surface area contributed by atoms with E-state index >= 15 is 0 Å². The summed E-state index contributed by atoms with van der Waals surface area (Å²) in [5.41, 5.74) is 0.384. The van der Waals surface area contributed by atoms with Gasteiger partial charge in [0.05, 0.1) is 5.56 Å². The van der Waals surface area contributed by atoms with E-state index < -0.39 is 11.7 Å². The maximum Gasteiger partial charge on any atom is 0.259 e. The van der Waals surface area contributed by atoms with Crippen molar-refractivity contribution in [1.29, 1.82) is 0 Å². The van der Waals surface area contributed by atoms with E-state index in [2.05, 4.69) is 25.8 Å². The first-order valence-corrected chi connectivity index (χ1v) is 9.92. The van der Waals surface area contributed by atoms with Crippen molar-refractivity contribution in [3.8, 4) is 23.0 Å². The summed E-state index contributed by atoms with van der Waals surface area (Å²) >= 11 is 0. The van der Waals surface area contributed by atoms with Gasteiger partial charge in [-0.25, -0.2) is 9.37 Å². The van der Waals surface area contributed by atoms with E-state index in [0.29, 0.717) is 30.4 Å². The maximum atomic E-state index is 14.6. The fourth-order valence-corrected chi connectivity index (χ4v) is 3.25. The Morgan fingerprint density at radius 1 is 1.32 bits per heavy atom. The number of anilines is 1. The van der Waals surface area contributed by atoms with Crippen LogP contribution in [0, 0.1) is 5.82 Å². The molecular formula is C21H23FN6O3. The highest BCUT2D eigenvalue weighted by Gasteiger charge is 2.25. The average molecular weight is 426 g/mol. The number of carbonyl (C=O) groups excluding carboxylic acids is 1. The number of likely N-dealkylation sites (N-methyl/N-ethyl adjacent to an activating group) is 1. The zero-order valence-electron chi connectivity index (χ0n) is 17.4. The Kier molecular flexibility index (Phi) is 5.81. The van der Waals surface area contributed by atoms with Gasteiger partial charge in [-0.3, -0.25) is 4.79 Å². The molecule has 1 aromatic carbocycles. The lowest BCUT2D eigenvalue weighted by molar-refractivity contribution is 0.0905. The zero-order chi connectivity index (χ0) is 22.0. The van der Waals surface area contributed by atoms with Gasteiger partial charge in [0.25, 0.3) is 5.91 Å². The number of fused-ring (bicyclic) bond motifs is 1. The molecule has 10 heteroatoms. The van der Waals surface area contributed by atoms with E-state index in [0.717, 1.165) is 0 Å². The van der Waals surface area contributed by atoms with Crippen LogP contribution in [0.15, 0.2) is 36.7 Å². The molecule has 1 aliphatic heterocycles. The third-order valence-corrected chi connectivity index (χ3v) is 4.78. The first-order chi connectivity index (χ1) is 15.0. The van der Waals surface area contributed by atoms with Crippen LogP contribution in [0.25, 0.3) is 11.5 Å². The number of ether oxygens (including phenoxy) is 2. The fourth-order valence-electron chi connectivity index (χ4n) is 3.25. The highest BCUT2D eigenvalue weighted by molar-refractivity contribution is 6.04. The minimum Gasteiger partial charge on any atom is -0.486 e. The number of amides is 1. The molecule has 4 rings (SSSR count). The van der Waals surface area contributed by atoms with Crippen molar-refractivity contribution < 1.29 is 18.7 Å². The Bertz CT molecular complexity index is 1100. The van der Waals surface area contributed by atoms with E-state index in [1.165, 1.54) is 12.1 Å². The number of nitrogens with one attached hydrogen (secondary N) is 2. The fraction of sp³-hybridized carbons (Fsp3) is 0.333. The van der Waals surface area contributed by atoms with Crippen LogP contribution in [0.2, 0.25) is 0 Å². The van der Waals surface area contributed by atoms with Crippen LogP contribution < -0.4 is 20.1 Å². The van der Waals surface area contributed by atoms with E-state index in [1.807, 2.05) is 18.4 Å². The first kappa shape index (κ1) is 20.7. The summed E-state index contributed by atoms with van der Waals surface area (Å²) in [6.45, 7) is 4.88. The van der Waals surface area contributed by atoms with Crippen molar-refractivity contribution in [2.45, 2.75) is 26.0 Å². The smallest absolute Gasteiger partial charge is 0.259 e. The molecule has 0 radical (unpaired) electrons. The molecule has 1 aliphatic rings. The largest absolute Gasteiger partial charge is 0.486 e. The van der Waals surface area contributed by atoms with Gasteiger partial charge in [-0.1, -0.05) is 6.07 Å². The van der Waals surface area contributed by atoms with Crippen LogP contribution >= 0.6 is 0 Å². The molecule has 1 atom stereocenters. The number of hydrogen-bond acceptors (Lipinski definition) is 7. The second-order valence-corrected chi connectivity index (χ2v) is 7.41. The molecule has 9 nitrogen and oxygen atoms in total. The number of pyridine rings is 1. The van der Waals surface area contributed by atoms with Crippen molar-refractivity contribution >= 4 is 11.7 Å². The summed E-state index contributed by atoms with van der Waals surface area (Å²) in [5.74, 6) is 0.0909. The number of nitrogens with zero attached hydrogens (tertiary/aromatic N) is 4. The number of carbonyl (C=O) groups is 1. The summed E-state index contributed by atoms with van der Waals surface area (Å²) in [5, 5.41) is 13.7. The molecule has 0 aliphatic carbocycles. The Morgan fingerprint density at radius 2 is 2.16 bits per heavy atom. The predicted octanol–water partition coefficient (Wildman–Crippen LogP) is 2.67. The van der Waals surface area contributed by atoms with Crippen LogP contribution in [0.5, 0.6) is 11.5 Å². The molecule has 0 saturated heterocycles. The number of hydrogen-bond donors (Lipinski definition) is 2. The third kappa shape index (κ3) is 4.33. The molecule has 31 heavy (non-hydrogen) atoms. The van der Waals surface area contributed by atoms with E-state index in [1.54, 1.807) is 31.6 Å². The maximum absolute atomic E-state index is 14.6. The lowest BCUT2D eigenvalue weighted by Gasteiger charge is -2.26. The van der Waals surface area contributed by atoms with Crippen molar-refractivity contribution in [3.05, 3.63) is 48.0 Å². The second kappa shape index (κ2) is 8.68. The van der Waals surface area contributed by atoms with Gasteiger partial charge in [0.2, 0.25) is 0 Å². The minimum absolute atomic E-state index is 0.143. The van der Waals surface area contributed by atoms with Gasteiger partial charge in [0, 0.05) is 18.7 Å². The Balaban J connectivity index is 1.55. The van der Waals surface area contributed by atoms with Gasteiger partial charge in [0.1, 0.15) is 36.4 Å². The second-order valence-electron chi connectivity index (χ2n) is 7.41. The van der Waals surface area contributed by atoms with Gasteiger partial charge >= 0.3 is 0 Å². The van der Waals surface area contributed by atoms with Crippen molar-refractivity contribution in [2.24, 2.45) is 0 Å². The molecule has 0 fully saturated rings. The topological polar surface area (TPSA) is 103 Å². The average Bonchev–Trinajstić information content (AvgIpc) is 3.24. The summed E-state index contributed by atoms with van der Waals surface area (Å²) in [4.78, 5) is 17.2. The van der Waals surface area contributed by atoms with Gasteiger partial charge < -0.3 is 24.7 Å². The lowest BCUT2D eigenvalue weighted by atomic mass is 10.1. The molecule has 0 bridgehead atoms. The third-order valence-electron chi connectivity index (χ3n) is 4.78. The zero-order valence-corrected chi connectivity index (χ0v) is 17.4. The lowest BCUT2D eigenvalue weighted by Crippen LogP contribution is -2.37. The SMILES string of the molecule is CNCC1COc2cc(C(=O)Nc3cccc(-c4nncn4C(C)C)n3)c(F)cc2O1. The van der Waals surface area contributed by atoms with Crippen LogP contribution in [0.4, 0.5) is 10.2 Å². The number of benzene rings is 1. The summed E-state index contributed by atoms with van der Waals surface area (Å²) in [7, 11) is 1.79. The highest BCUT2D eigenvalue weighted by atomic mass is 19.1. The van der Waals surface area contributed by atoms with Crippen LogP contribution in [0.3, 0.4) is 0 Å². The molecule has 1 unspecified atom stereocenters. The van der Waals surface area contributed by atoms with Gasteiger partial charge in [-0.15, -0.1) is 10.2 Å². The van der Waals surface area contributed by atoms with Crippen LogP contribution in [-0.2, 0) is 0 Å². The highest BCUT2D eigenvalue weighted by Crippen LogP contribution is 2.34. The first-order valence-electron chi connectivity index (χ1n) is 9.92. The van der Waals surface area contributed by atoms with Crippen molar-refractivity contribution in [3.63, 3.8) is 0 Å². The summed E-state index contributed by atoms with van der Waals surface area (Å²) in [6, 6.07) is 7.78. The van der Waals surface area contributed by atoms with E-state index in [9.17, 15) is 9.18 Å². The number of aromatic nitrogens is 4. The molecule has 3 aromatic rings. The molecule has 2 N–H and O–H groups in total. The standard InChI is InChI=1S/C21H23FN6O3/c1-12(2)28-11-24-27-20(28)16-5-4-6-19(25-16)26-21(29)14-7-17-18(8-15(14)22)31-13(9-23-3)10-30-17/h4-8,11-13,23H,9-10H2,1-3H3,(H,25,26,29). The molecule has 162 valence electrons. The predicted molar refractivity (Wildman–Crippen MR) is 112 cm³/mol. The normalized spacial score (nSPS) is 15.2. The minimum atomic E-state index is -0.708. The van der Waals surface area contributed by atoms with Gasteiger partial charge in [-0.05, 0) is 39.1 Å². The number of rotatable bonds is 6. The molecule has 2 aromatic heterocycles. The van der Waals surface area contributed by atoms with Crippen molar-refractivity contribution in [2.75, 3.05) is 25.5 Å². The van der Waals surface area contributed by atoms with Crippen molar-refractivity contribution in [1.82, 2.24) is 25.1 Å². The monoisotopic (exact) mass is 426 g/mol. The Morgan fingerprint density at radius 3 is 2.94 bits per heavy atom. The molecule has 1 amide bonds. The van der Waals surface area contributed by atoms with Crippen LogP contribution in [-0.4, -0.2) is 52.0 Å².